The van der Waals surface area contributed by atoms with Gasteiger partial charge in [0.25, 0.3) is 0 Å². The SMILES string of the molecule is Cn1ccnc1C(NN)c1ccccc1OC(F)F. The van der Waals surface area contributed by atoms with Gasteiger partial charge in [-0.3, -0.25) is 5.84 Å². The van der Waals surface area contributed by atoms with E-state index >= 15 is 0 Å². The van der Waals surface area contributed by atoms with E-state index in [9.17, 15) is 8.78 Å². The summed E-state index contributed by atoms with van der Waals surface area (Å²) in [5.74, 6) is 6.20. The van der Waals surface area contributed by atoms with Crippen molar-refractivity contribution in [1.82, 2.24) is 15.0 Å². The summed E-state index contributed by atoms with van der Waals surface area (Å²) < 4.78 is 31.0. The van der Waals surface area contributed by atoms with Crippen LogP contribution in [0, 0.1) is 0 Å². The number of hydrogen-bond acceptors (Lipinski definition) is 4. The fourth-order valence-corrected chi connectivity index (χ4v) is 1.88. The topological polar surface area (TPSA) is 65.1 Å². The highest BCUT2D eigenvalue weighted by atomic mass is 19.3. The Morgan fingerprint density at radius 2 is 2.11 bits per heavy atom. The lowest BCUT2D eigenvalue weighted by atomic mass is 10.1. The maximum absolute atomic E-state index is 12.4. The van der Waals surface area contributed by atoms with Crippen molar-refractivity contribution in [3.8, 4) is 5.75 Å². The zero-order valence-corrected chi connectivity index (χ0v) is 10.3. The molecule has 0 aliphatic carbocycles. The Kier molecular flexibility index (Phi) is 4.08. The van der Waals surface area contributed by atoms with Gasteiger partial charge in [0.05, 0.1) is 0 Å². The largest absolute Gasteiger partial charge is 0.434 e. The number of aromatic nitrogens is 2. The van der Waals surface area contributed by atoms with E-state index < -0.39 is 12.7 Å². The van der Waals surface area contributed by atoms with Crippen LogP contribution in [0.2, 0.25) is 0 Å². The minimum Gasteiger partial charge on any atom is -0.434 e. The summed E-state index contributed by atoms with van der Waals surface area (Å²) in [6.07, 6.45) is 3.35. The maximum Gasteiger partial charge on any atom is 0.387 e. The van der Waals surface area contributed by atoms with Crippen LogP contribution < -0.4 is 16.0 Å². The molecule has 5 nitrogen and oxygen atoms in total. The number of rotatable bonds is 5. The highest BCUT2D eigenvalue weighted by Gasteiger charge is 2.21. The third kappa shape index (κ3) is 2.88. The van der Waals surface area contributed by atoms with Gasteiger partial charge < -0.3 is 9.30 Å². The Morgan fingerprint density at radius 3 is 2.68 bits per heavy atom. The predicted molar refractivity (Wildman–Crippen MR) is 65.4 cm³/mol. The Balaban J connectivity index is 2.41. The van der Waals surface area contributed by atoms with Gasteiger partial charge in [0.1, 0.15) is 17.6 Å². The third-order valence-corrected chi connectivity index (χ3v) is 2.73. The number of imidazole rings is 1. The van der Waals surface area contributed by atoms with Crippen LogP contribution in [0.5, 0.6) is 5.75 Å². The summed E-state index contributed by atoms with van der Waals surface area (Å²) in [7, 11) is 1.79. The number of nitrogens with two attached hydrogens (primary N) is 1. The molecule has 0 saturated carbocycles. The number of aryl methyl sites for hydroxylation is 1. The molecular weight excluding hydrogens is 254 g/mol. The van der Waals surface area contributed by atoms with E-state index in [1.54, 1.807) is 42.2 Å². The van der Waals surface area contributed by atoms with Crippen LogP contribution in [0.15, 0.2) is 36.7 Å². The molecule has 3 N–H and O–H groups in total. The summed E-state index contributed by atoms with van der Waals surface area (Å²) >= 11 is 0. The molecule has 7 heteroatoms. The van der Waals surface area contributed by atoms with E-state index in [2.05, 4.69) is 15.1 Å². The van der Waals surface area contributed by atoms with Crippen molar-refractivity contribution >= 4 is 0 Å². The Labute approximate surface area is 109 Å². The average Bonchev–Trinajstić information content (AvgIpc) is 2.78. The molecule has 0 aliphatic heterocycles. The highest BCUT2D eigenvalue weighted by molar-refractivity contribution is 5.39. The summed E-state index contributed by atoms with van der Waals surface area (Å²) in [5, 5.41) is 0. The molecule has 1 aromatic heterocycles. The number of ether oxygens (including phenoxy) is 1. The Bertz CT molecular complexity index is 544. The average molecular weight is 268 g/mol. The minimum atomic E-state index is -2.89. The number of alkyl halides is 2. The van der Waals surface area contributed by atoms with Crippen LogP contribution in [0.3, 0.4) is 0 Å². The number of benzene rings is 1. The van der Waals surface area contributed by atoms with Crippen molar-refractivity contribution in [3.05, 3.63) is 48.0 Å². The minimum absolute atomic E-state index is 0.0726. The monoisotopic (exact) mass is 268 g/mol. The van der Waals surface area contributed by atoms with Crippen molar-refractivity contribution < 1.29 is 13.5 Å². The first-order valence-corrected chi connectivity index (χ1v) is 5.60. The molecule has 1 heterocycles. The van der Waals surface area contributed by atoms with Gasteiger partial charge >= 0.3 is 6.61 Å². The van der Waals surface area contributed by atoms with Crippen LogP contribution in [0.25, 0.3) is 0 Å². The zero-order chi connectivity index (χ0) is 13.8. The van der Waals surface area contributed by atoms with E-state index in [0.29, 0.717) is 11.4 Å². The molecule has 0 aliphatic rings. The summed E-state index contributed by atoms with van der Waals surface area (Å²) in [5.41, 5.74) is 3.07. The molecule has 0 amide bonds. The molecule has 1 atom stereocenters. The smallest absolute Gasteiger partial charge is 0.387 e. The third-order valence-electron chi connectivity index (χ3n) is 2.73. The first-order chi connectivity index (χ1) is 9.13. The van der Waals surface area contributed by atoms with E-state index in [4.69, 9.17) is 5.84 Å². The van der Waals surface area contributed by atoms with Gasteiger partial charge in [-0.05, 0) is 6.07 Å². The lowest BCUT2D eigenvalue weighted by molar-refractivity contribution is -0.0506. The molecule has 0 spiro atoms. The van der Waals surface area contributed by atoms with E-state index in [1.807, 2.05) is 0 Å². The Morgan fingerprint density at radius 1 is 1.37 bits per heavy atom. The fourth-order valence-electron chi connectivity index (χ4n) is 1.88. The standard InChI is InChI=1S/C12H14F2N4O/c1-18-7-6-16-11(18)10(17-15)8-4-2-3-5-9(8)19-12(13)14/h2-7,10,12,17H,15H2,1H3. The second-order valence-corrected chi connectivity index (χ2v) is 3.91. The van der Waals surface area contributed by atoms with Crippen LogP contribution >= 0.6 is 0 Å². The molecule has 2 aromatic rings. The van der Waals surface area contributed by atoms with Crippen LogP contribution in [-0.4, -0.2) is 16.2 Å². The Hall–Kier alpha value is -1.99. The van der Waals surface area contributed by atoms with Crippen molar-refractivity contribution in [1.29, 1.82) is 0 Å². The summed E-state index contributed by atoms with van der Waals surface area (Å²) in [4.78, 5) is 4.16. The van der Waals surface area contributed by atoms with E-state index in [0.717, 1.165) is 0 Å². The molecule has 0 fully saturated rings. The molecule has 1 aromatic carbocycles. The molecule has 2 rings (SSSR count). The molecule has 102 valence electrons. The molecular formula is C12H14F2N4O. The number of para-hydroxylation sites is 1. The van der Waals surface area contributed by atoms with Crippen molar-refractivity contribution in [2.45, 2.75) is 12.7 Å². The second kappa shape index (κ2) is 5.77. The van der Waals surface area contributed by atoms with Gasteiger partial charge in [-0.15, -0.1) is 0 Å². The lowest BCUT2D eigenvalue weighted by Gasteiger charge is -2.19. The maximum atomic E-state index is 12.4. The van der Waals surface area contributed by atoms with Gasteiger partial charge in [0.15, 0.2) is 0 Å². The number of halogens is 2. The molecule has 0 radical (unpaired) electrons. The van der Waals surface area contributed by atoms with Gasteiger partial charge in [-0.25, -0.2) is 10.4 Å². The van der Waals surface area contributed by atoms with Gasteiger partial charge in [-0.1, -0.05) is 18.2 Å². The van der Waals surface area contributed by atoms with E-state index in [-0.39, 0.29) is 5.75 Å². The fraction of sp³-hybridized carbons (Fsp3) is 0.250. The predicted octanol–water partition coefficient (Wildman–Crippen LogP) is 1.57. The van der Waals surface area contributed by atoms with Gasteiger partial charge in [0.2, 0.25) is 0 Å². The van der Waals surface area contributed by atoms with Crippen molar-refractivity contribution in [2.24, 2.45) is 12.9 Å². The van der Waals surface area contributed by atoms with Gasteiger partial charge in [-0.2, -0.15) is 8.78 Å². The van der Waals surface area contributed by atoms with Gasteiger partial charge in [0, 0.05) is 25.0 Å². The molecule has 0 saturated heterocycles. The number of nitrogens with one attached hydrogen (secondary N) is 1. The van der Waals surface area contributed by atoms with Crippen LogP contribution in [-0.2, 0) is 7.05 Å². The van der Waals surface area contributed by atoms with E-state index in [1.165, 1.54) is 6.07 Å². The second-order valence-electron chi connectivity index (χ2n) is 3.91. The molecule has 0 bridgehead atoms. The summed E-state index contributed by atoms with van der Waals surface area (Å²) in [6.45, 7) is -2.89. The quantitative estimate of drug-likeness (QED) is 0.638. The van der Waals surface area contributed by atoms with Crippen molar-refractivity contribution in [2.75, 3.05) is 0 Å². The zero-order valence-electron chi connectivity index (χ0n) is 10.3. The summed E-state index contributed by atoms with van der Waals surface area (Å²) in [6, 6.07) is 5.94. The lowest BCUT2D eigenvalue weighted by Crippen LogP contribution is -2.31. The number of nitrogens with zero attached hydrogens (tertiary/aromatic N) is 2. The highest BCUT2D eigenvalue weighted by Crippen LogP contribution is 2.29. The number of hydrazine groups is 1. The molecule has 19 heavy (non-hydrogen) atoms. The molecule has 1 unspecified atom stereocenters. The first kappa shape index (κ1) is 13.4. The van der Waals surface area contributed by atoms with Crippen LogP contribution in [0.1, 0.15) is 17.4 Å². The number of hydrogen-bond donors (Lipinski definition) is 2. The first-order valence-electron chi connectivity index (χ1n) is 5.60. The van der Waals surface area contributed by atoms with Crippen LogP contribution in [0.4, 0.5) is 8.78 Å². The van der Waals surface area contributed by atoms with Crippen molar-refractivity contribution in [3.63, 3.8) is 0 Å². The normalized spacial score (nSPS) is 12.7.